The molecule has 3 nitrogen and oxygen atoms in total. The molecule has 0 aliphatic heterocycles. The first-order valence-electron chi connectivity index (χ1n) is 8.18. The Hall–Kier alpha value is -1.06. The third-order valence-corrected chi connectivity index (χ3v) is 3.97. The summed E-state index contributed by atoms with van der Waals surface area (Å²) in [5.74, 6) is 1.58. The normalized spacial score (nSPS) is 17.8. The van der Waals surface area contributed by atoms with Crippen LogP contribution < -0.4 is 10.1 Å². The molecule has 21 heavy (non-hydrogen) atoms. The fraction of sp³-hybridized carbons (Fsp3) is 0.667. The maximum Gasteiger partial charge on any atom is 0.119 e. The van der Waals surface area contributed by atoms with Crippen molar-refractivity contribution in [3.05, 3.63) is 29.3 Å². The molecule has 0 radical (unpaired) electrons. The van der Waals surface area contributed by atoms with Crippen LogP contribution >= 0.6 is 0 Å². The molecule has 0 amide bonds. The van der Waals surface area contributed by atoms with Gasteiger partial charge in [-0.15, -0.1) is 0 Å². The summed E-state index contributed by atoms with van der Waals surface area (Å²) in [4.78, 5) is 0. The van der Waals surface area contributed by atoms with Crippen molar-refractivity contribution in [3.63, 3.8) is 0 Å². The third-order valence-electron chi connectivity index (χ3n) is 3.97. The van der Waals surface area contributed by atoms with E-state index in [4.69, 9.17) is 9.47 Å². The van der Waals surface area contributed by atoms with Gasteiger partial charge in [-0.2, -0.15) is 0 Å². The van der Waals surface area contributed by atoms with E-state index in [1.165, 1.54) is 30.4 Å². The lowest BCUT2D eigenvalue weighted by Crippen LogP contribution is -2.26. The molecule has 1 aromatic carbocycles. The Labute approximate surface area is 129 Å². The monoisotopic (exact) mass is 291 g/mol. The van der Waals surface area contributed by atoms with Crippen molar-refractivity contribution in [1.29, 1.82) is 0 Å². The molecule has 1 aliphatic carbocycles. The highest BCUT2D eigenvalue weighted by Gasteiger charge is 2.20. The predicted octanol–water partition coefficient (Wildman–Crippen LogP) is 3.72. The van der Waals surface area contributed by atoms with E-state index < -0.39 is 0 Å². The summed E-state index contributed by atoms with van der Waals surface area (Å²) in [5.41, 5.74) is 2.89. The van der Waals surface area contributed by atoms with Crippen LogP contribution in [0.5, 0.6) is 5.75 Å². The zero-order valence-electron chi connectivity index (χ0n) is 13.7. The number of hydrogen-bond donors (Lipinski definition) is 1. The van der Waals surface area contributed by atoms with E-state index in [0.29, 0.717) is 12.0 Å². The molecule has 1 aliphatic rings. The van der Waals surface area contributed by atoms with Crippen molar-refractivity contribution in [2.45, 2.75) is 45.6 Å². The number of hydrogen-bond acceptors (Lipinski definition) is 3. The second-order valence-corrected chi connectivity index (χ2v) is 6.29. The number of fused-ring (bicyclic) bond motifs is 1. The van der Waals surface area contributed by atoms with Gasteiger partial charge >= 0.3 is 0 Å². The lowest BCUT2D eigenvalue weighted by atomic mass is 9.87. The summed E-state index contributed by atoms with van der Waals surface area (Å²) < 4.78 is 11.0. The van der Waals surface area contributed by atoms with E-state index >= 15 is 0 Å². The average Bonchev–Trinajstić information content (AvgIpc) is 2.50. The molecule has 0 bridgehead atoms. The maximum absolute atomic E-state index is 5.63. The second kappa shape index (κ2) is 8.40. The first-order chi connectivity index (χ1) is 10.2. The summed E-state index contributed by atoms with van der Waals surface area (Å²) in [6, 6.07) is 6.95. The topological polar surface area (TPSA) is 30.5 Å². The van der Waals surface area contributed by atoms with E-state index in [1.807, 2.05) is 0 Å². The fourth-order valence-corrected chi connectivity index (χ4v) is 2.89. The van der Waals surface area contributed by atoms with Gasteiger partial charge in [0.25, 0.3) is 0 Å². The minimum Gasteiger partial charge on any atom is -0.497 e. The van der Waals surface area contributed by atoms with Crippen molar-refractivity contribution in [2.75, 3.05) is 26.9 Å². The van der Waals surface area contributed by atoms with Crippen LogP contribution in [0.1, 0.15) is 50.3 Å². The van der Waals surface area contributed by atoms with Gasteiger partial charge in [0.2, 0.25) is 0 Å². The summed E-state index contributed by atoms with van der Waals surface area (Å²) in [6.45, 7) is 7.10. The number of ether oxygens (including phenoxy) is 2. The SMILES string of the molecule is COc1ccc2c(c1)C(NCCCOCC(C)C)CCC2. The van der Waals surface area contributed by atoms with Gasteiger partial charge in [-0.3, -0.25) is 0 Å². The van der Waals surface area contributed by atoms with Crippen LogP contribution in [0.4, 0.5) is 0 Å². The minimum atomic E-state index is 0.467. The van der Waals surface area contributed by atoms with Gasteiger partial charge in [0.05, 0.1) is 7.11 Å². The summed E-state index contributed by atoms with van der Waals surface area (Å²) in [7, 11) is 1.74. The Bertz CT molecular complexity index is 431. The van der Waals surface area contributed by atoms with Gasteiger partial charge < -0.3 is 14.8 Å². The highest BCUT2D eigenvalue weighted by atomic mass is 16.5. The van der Waals surface area contributed by atoms with E-state index in [2.05, 4.69) is 37.4 Å². The lowest BCUT2D eigenvalue weighted by molar-refractivity contribution is 0.107. The van der Waals surface area contributed by atoms with Crippen molar-refractivity contribution in [1.82, 2.24) is 5.32 Å². The molecule has 0 saturated carbocycles. The molecule has 0 heterocycles. The Balaban J connectivity index is 1.80. The second-order valence-electron chi connectivity index (χ2n) is 6.29. The van der Waals surface area contributed by atoms with Crippen molar-refractivity contribution >= 4 is 0 Å². The summed E-state index contributed by atoms with van der Waals surface area (Å²) in [6.07, 6.45) is 4.74. The van der Waals surface area contributed by atoms with Crippen molar-refractivity contribution < 1.29 is 9.47 Å². The number of benzene rings is 1. The largest absolute Gasteiger partial charge is 0.497 e. The predicted molar refractivity (Wildman–Crippen MR) is 86.9 cm³/mol. The first-order valence-corrected chi connectivity index (χ1v) is 8.18. The molecule has 0 saturated heterocycles. The summed E-state index contributed by atoms with van der Waals surface area (Å²) >= 11 is 0. The number of nitrogens with one attached hydrogen (secondary N) is 1. The van der Waals surface area contributed by atoms with E-state index in [0.717, 1.165) is 31.9 Å². The van der Waals surface area contributed by atoms with Crippen LogP contribution in [-0.4, -0.2) is 26.9 Å². The molecule has 118 valence electrons. The highest BCUT2D eigenvalue weighted by molar-refractivity contribution is 5.39. The maximum atomic E-state index is 5.63. The Morgan fingerprint density at radius 2 is 2.19 bits per heavy atom. The van der Waals surface area contributed by atoms with Crippen LogP contribution in [0.3, 0.4) is 0 Å². The van der Waals surface area contributed by atoms with Gasteiger partial charge in [-0.25, -0.2) is 0 Å². The smallest absolute Gasteiger partial charge is 0.119 e. The molecule has 3 heteroatoms. The average molecular weight is 291 g/mol. The van der Waals surface area contributed by atoms with Crippen molar-refractivity contribution in [3.8, 4) is 5.75 Å². The van der Waals surface area contributed by atoms with Gasteiger partial charge in [0.1, 0.15) is 5.75 Å². The molecule has 1 aromatic rings. The zero-order chi connectivity index (χ0) is 15.1. The molecule has 0 aromatic heterocycles. The van der Waals surface area contributed by atoms with Gasteiger partial charge in [-0.05, 0) is 61.4 Å². The molecular weight excluding hydrogens is 262 g/mol. The Morgan fingerprint density at radius 3 is 2.95 bits per heavy atom. The standard InChI is InChI=1S/C18H29NO2/c1-14(2)13-21-11-5-10-19-18-7-4-6-15-8-9-16(20-3)12-17(15)18/h8-9,12,14,18-19H,4-7,10-11,13H2,1-3H3. The van der Waals surface area contributed by atoms with Crippen LogP contribution in [0.15, 0.2) is 18.2 Å². The highest BCUT2D eigenvalue weighted by Crippen LogP contribution is 2.32. The molecule has 1 N–H and O–H groups in total. The molecule has 1 atom stereocenters. The molecule has 1 unspecified atom stereocenters. The molecule has 0 spiro atoms. The van der Waals surface area contributed by atoms with Crippen LogP contribution in [0, 0.1) is 5.92 Å². The Morgan fingerprint density at radius 1 is 1.33 bits per heavy atom. The van der Waals surface area contributed by atoms with Crippen LogP contribution in [-0.2, 0) is 11.2 Å². The van der Waals surface area contributed by atoms with Crippen LogP contribution in [0.25, 0.3) is 0 Å². The Kier molecular flexibility index (Phi) is 6.52. The zero-order valence-corrected chi connectivity index (χ0v) is 13.7. The van der Waals surface area contributed by atoms with Gasteiger partial charge in [0, 0.05) is 19.3 Å². The minimum absolute atomic E-state index is 0.467. The fourth-order valence-electron chi connectivity index (χ4n) is 2.89. The lowest BCUT2D eigenvalue weighted by Gasteiger charge is -2.27. The molecule has 2 rings (SSSR count). The quantitative estimate of drug-likeness (QED) is 0.740. The number of rotatable bonds is 8. The first kappa shape index (κ1) is 16.3. The molecular formula is C18H29NO2. The van der Waals surface area contributed by atoms with Gasteiger partial charge in [0.15, 0.2) is 0 Å². The van der Waals surface area contributed by atoms with E-state index in [1.54, 1.807) is 7.11 Å². The number of methoxy groups -OCH3 is 1. The molecule has 0 fully saturated rings. The van der Waals surface area contributed by atoms with Crippen LogP contribution in [0.2, 0.25) is 0 Å². The third kappa shape index (κ3) is 5.01. The number of aryl methyl sites for hydroxylation is 1. The summed E-state index contributed by atoms with van der Waals surface area (Å²) in [5, 5.41) is 3.68. The van der Waals surface area contributed by atoms with E-state index in [-0.39, 0.29) is 0 Å². The van der Waals surface area contributed by atoms with E-state index in [9.17, 15) is 0 Å². The van der Waals surface area contributed by atoms with Gasteiger partial charge in [-0.1, -0.05) is 19.9 Å². The van der Waals surface area contributed by atoms with Crippen molar-refractivity contribution in [2.24, 2.45) is 5.92 Å².